The normalized spacial score (nSPS) is 22.5. The maximum atomic E-state index is 3.37. The second kappa shape index (κ2) is 5.51. The number of nitrogens with zero attached hydrogens (tertiary/aromatic N) is 1. The lowest BCUT2D eigenvalue weighted by Crippen LogP contribution is -2.52. The maximum absolute atomic E-state index is 3.37. The van der Waals surface area contributed by atoms with Crippen LogP contribution in [0.2, 0.25) is 0 Å². The van der Waals surface area contributed by atoms with Gasteiger partial charge < -0.3 is 10.6 Å². The molecule has 1 unspecified atom stereocenters. The molecule has 0 spiro atoms. The van der Waals surface area contributed by atoms with E-state index in [4.69, 9.17) is 0 Å². The van der Waals surface area contributed by atoms with Gasteiger partial charge >= 0.3 is 0 Å². The summed E-state index contributed by atoms with van der Waals surface area (Å²) in [7, 11) is 2.06. The maximum Gasteiger partial charge on any atom is 0.0595 e. The van der Waals surface area contributed by atoms with Crippen LogP contribution in [0.15, 0.2) is 0 Å². The summed E-state index contributed by atoms with van der Waals surface area (Å²) in [6.07, 6.45) is 3.11. The van der Waals surface area contributed by atoms with E-state index in [1.165, 1.54) is 25.9 Å². The number of hydrogen-bond donors (Lipinski definition) is 2. The highest BCUT2D eigenvalue weighted by atomic mass is 15.3. The highest BCUT2D eigenvalue weighted by Crippen LogP contribution is 2.04. The van der Waals surface area contributed by atoms with Gasteiger partial charge in [-0.1, -0.05) is 13.3 Å². The van der Waals surface area contributed by atoms with E-state index >= 15 is 0 Å². The standard InChI is InChI=1S/C9H21N3/c1-3-4-9(10-2)12-7-5-11-6-8-12/h9-11H,3-8H2,1-2H3. The minimum absolute atomic E-state index is 0.595. The molecule has 1 aliphatic heterocycles. The fraction of sp³-hybridized carbons (Fsp3) is 1.00. The minimum atomic E-state index is 0.595. The summed E-state index contributed by atoms with van der Waals surface area (Å²) in [5.41, 5.74) is 0. The molecule has 12 heavy (non-hydrogen) atoms. The lowest BCUT2D eigenvalue weighted by atomic mass is 10.2. The second-order valence-electron chi connectivity index (χ2n) is 3.38. The summed E-state index contributed by atoms with van der Waals surface area (Å²) in [6.45, 7) is 6.90. The molecular weight excluding hydrogens is 150 g/mol. The average molecular weight is 171 g/mol. The van der Waals surface area contributed by atoms with E-state index in [0.29, 0.717) is 6.17 Å². The van der Waals surface area contributed by atoms with Crippen LogP contribution >= 0.6 is 0 Å². The van der Waals surface area contributed by atoms with Crippen molar-refractivity contribution in [1.82, 2.24) is 15.5 Å². The van der Waals surface area contributed by atoms with Gasteiger partial charge in [-0.05, 0) is 13.5 Å². The average Bonchev–Trinajstić information content (AvgIpc) is 2.15. The van der Waals surface area contributed by atoms with E-state index in [-0.39, 0.29) is 0 Å². The number of hydrogen-bond acceptors (Lipinski definition) is 3. The summed E-state index contributed by atoms with van der Waals surface area (Å²) in [5, 5.41) is 6.74. The van der Waals surface area contributed by atoms with E-state index in [1.54, 1.807) is 0 Å². The first-order valence-electron chi connectivity index (χ1n) is 5.00. The molecule has 1 rings (SSSR count). The molecule has 3 nitrogen and oxygen atoms in total. The molecule has 0 amide bonds. The molecule has 1 atom stereocenters. The molecule has 0 aliphatic carbocycles. The number of rotatable bonds is 4. The molecule has 1 heterocycles. The SMILES string of the molecule is CCCC(NC)N1CCNCC1. The van der Waals surface area contributed by atoms with Crippen LogP contribution in [0.5, 0.6) is 0 Å². The fourth-order valence-electron chi connectivity index (χ4n) is 1.78. The van der Waals surface area contributed by atoms with Gasteiger partial charge in [0.2, 0.25) is 0 Å². The molecule has 0 bridgehead atoms. The topological polar surface area (TPSA) is 27.3 Å². The van der Waals surface area contributed by atoms with Gasteiger partial charge in [0.25, 0.3) is 0 Å². The molecule has 0 aromatic carbocycles. The molecular formula is C9H21N3. The molecule has 0 aromatic rings. The lowest BCUT2D eigenvalue weighted by molar-refractivity contribution is 0.143. The minimum Gasteiger partial charge on any atom is -0.314 e. The molecule has 1 fully saturated rings. The quantitative estimate of drug-likeness (QED) is 0.634. The molecule has 72 valence electrons. The van der Waals surface area contributed by atoms with Crippen LogP contribution in [-0.4, -0.2) is 44.3 Å². The fourth-order valence-corrected chi connectivity index (χ4v) is 1.78. The van der Waals surface area contributed by atoms with Crippen LogP contribution in [0.3, 0.4) is 0 Å². The first-order chi connectivity index (χ1) is 5.88. The zero-order valence-electron chi connectivity index (χ0n) is 8.27. The molecule has 2 N–H and O–H groups in total. The van der Waals surface area contributed by atoms with E-state index in [0.717, 1.165) is 13.1 Å². The highest BCUT2D eigenvalue weighted by molar-refractivity contribution is 4.73. The van der Waals surface area contributed by atoms with E-state index in [2.05, 4.69) is 29.5 Å². The van der Waals surface area contributed by atoms with Crippen LogP contribution in [0.4, 0.5) is 0 Å². The molecule has 0 radical (unpaired) electrons. The van der Waals surface area contributed by atoms with Crippen molar-refractivity contribution in [2.75, 3.05) is 33.2 Å². The van der Waals surface area contributed by atoms with Crippen LogP contribution in [0, 0.1) is 0 Å². The summed E-state index contributed by atoms with van der Waals surface area (Å²) >= 11 is 0. The van der Waals surface area contributed by atoms with Crippen molar-refractivity contribution in [2.24, 2.45) is 0 Å². The summed E-state index contributed by atoms with van der Waals surface area (Å²) in [4.78, 5) is 2.53. The summed E-state index contributed by atoms with van der Waals surface area (Å²) < 4.78 is 0. The van der Waals surface area contributed by atoms with Gasteiger partial charge in [0.15, 0.2) is 0 Å². The van der Waals surface area contributed by atoms with Crippen molar-refractivity contribution < 1.29 is 0 Å². The van der Waals surface area contributed by atoms with E-state index in [9.17, 15) is 0 Å². The van der Waals surface area contributed by atoms with Crippen LogP contribution in [-0.2, 0) is 0 Å². The first-order valence-corrected chi connectivity index (χ1v) is 5.00. The van der Waals surface area contributed by atoms with Gasteiger partial charge in [0.05, 0.1) is 6.17 Å². The second-order valence-corrected chi connectivity index (χ2v) is 3.38. The summed E-state index contributed by atoms with van der Waals surface area (Å²) in [6, 6.07) is 0. The Morgan fingerprint density at radius 3 is 2.58 bits per heavy atom. The third-order valence-electron chi connectivity index (χ3n) is 2.49. The Bertz CT molecular complexity index is 108. The smallest absolute Gasteiger partial charge is 0.0595 e. The van der Waals surface area contributed by atoms with Gasteiger partial charge in [-0.15, -0.1) is 0 Å². The van der Waals surface area contributed by atoms with Gasteiger partial charge in [-0.3, -0.25) is 4.90 Å². The van der Waals surface area contributed by atoms with Crippen molar-refractivity contribution in [3.63, 3.8) is 0 Å². The third-order valence-corrected chi connectivity index (χ3v) is 2.49. The zero-order chi connectivity index (χ0) is 8.81. The largest absolute Gasteiger partial charge is 0.314 e. The molecule has 0 saturated carbocycles. The Kier molecular flexibility index (Phi) is 4.58. The lowest BCUT2D eigenvalue weighted by Gasteiger charge is -2.34. The highest BCUT2D eigenvalue weighted by Gasteiger charge is 2.17. The van der Waals surface area contributed by atoms with Crippen molar-refractivity contribution in [1.29, 1.82) is 0 Å². The molecule has 1 saturated heterocycles. The zero-order valence-corrected chi connectivity index (χ0v) is 8.27. The Labute approximate surface area is 75.5 Å². The Hall–Kier alpha value is -0.120. The Morgan fingerprint density at radius 1 is 1.42 bits per heavy atom. The molecule has 0 aromatic heterocycles. The predicted molar refractivity (Wildman–Crippen MR) is 52.2 cm³/mol. The van der Waals surface area contributed by atoms with Crippen LogP contribution < -0.4 is 10.6 Å². The number of piperazine rings is 1. The van der Waals surface area contributed by atoms with Crippen molar-refractivity contribution in [3.05, 3.63) is 0 Å². The third kappa shape index (κ3) is 2.73. The van der Waals surface area contributed by atoms with Gasteiger partial charge in [-0.25, -0.2) is 0 Å². The first kappa shape index (κ1) is 9.96. The van der Waals surface area contributed by atoms with Gasteiger partial charge in [0.1, 0.15) is 0 Å². The van der Waals surface area contributed by atoms with Crippen LogP contribution in [0.1, 0.15) is 19.8 Å². The molecule has 3 heteroatoms. The Morgan fingerprint density at radius 2 is 2.08 bits per heavy atom. The molecule has 1 aliphatic rings. The van der Waals surface area contributed by atoms with E-state index in [1.807, 2.05) is 0 Å². The van der Waals surface area contributed by atoms with Crippen molar-refractivity contribution in [2.45, 2.75) is 25.9 Å². The van der Waals surface area contributed by atoms with Gasteiger partial charge in [0, 0.05) is 26.2 Å². The Balaban J connectivity index is 2.29. The predicted octanol–water partition coefficient (Wildman–Crippen LogP) is 0.237. The van der Waals surface area contributed by atoms with Gasteiger partial charge in [-0.2, -0.15) is 0 Å². The van der Waals surface area contributed by atoms with Crippen molar-refractivity contribution in [3.8, 4) is 0 Å². The van der Waals surface area contributed by atoms with Crippen molar-refractivity contribution >= 4 is 0 Å². The van der Waals surface area contributed by atoms with E-state index < -0.39 is 0 Å². The van der Waals surface area contributed by atoms with Crippen LogP contribution in [0.25, 0.3) is 0 Å². The number of nitrogens with one attached hydrogen (secondary N) is 2. The monoisotopic (exact) mass is 171 g/mol. The summed E-state index contributed by atoms with van der Waals surface area (Å²) in [5.74, 6) is 0.